The van der Waals surface area contributed by atoms with Crippen LogP contribution in [0.1, 0.15) is 10.4 Å². The third-order valence-corrected chi connectivity index (χ3v) is 2.79. The summed E-state index contributed by atoms with van der Waals surface area (Å²) in [6, 6.07) is 4.19. The van der Waals surface area contributed by atoms with Crippen molar-refractivity contribution >= 4 is 53.1 Å². The van der Waals surface area contributed by atoms with Gasteiger partial charge in [-0.2, -0.15) is 12.6 Å². The predicted octanol–water partition coefficient (Wildman–Crippen LogP) is 0.0331. The Hall–Kier alpha value is -1.29. The van der Waals surface area contributed by atoms with Crippen molar-refractivity contribution in [2.75, 3.05) is 12.4 Å². The number of halogens is 1. The van der Waals surface area contributed by atoms with Crippen LogP contribution >= 0.6 is 35.2 Å². The minimum atomic E-state index is -1.46. The van der Waals surface area contributed by atoms with E-state index in [1.54, 1.807) is 6.07 Å². The van der Waals surface area contributed by atoms with E-state index in [0.29, 0.717) is 3.57 Å². The van der Waals surface area contributed by atoms with Crippen molar-refractivity contribution in [3.05, 3.63) is 27.3 Å². The molecule has 0 spiro atoms. The molecule has 1 aromatic carbocycles. The van der Waals surface area contributed by atoms with Gasteiger partial charge >= 0.3 is 11.9 Å². The van der Waals surface area contributed by atoms with E-state index in [1.165, 1.54) is 12.1 Å². The summed E-state index contributed by atoms with van der Waals surface area (Å²) in [7, 11) is 0. The molecule has 8 heteroatoms. The highest BCUT2D eigenvalue weighted by Gasteiger charge is 2.12. The molecule has 0 heterocycles. The number of ether oxygens (including phenoxy) is 2. The number of carbonyl (C=O) groups excluding carboxylic acids is 3. The minimum Gasteiger partial charge on any atom is -0.545 e. The van der Waals surface area contributed by atoms with Crippen molar-refractivity contribution in [1.29, 1.82) is 0 Å². The van der Waals surface area contributed by atoms with E-state index in [-0.39, 0.29) is 17.1 Å². The maximum Gasteiger partial charge on any atom is 0.349 e. The van der Waals surface area contributed by atoms with E-state index >= 15 is 0 Å². The smallest absolute Gasteiger partial charge is 0.349 e. The van der Waals surface area contributed by atoms with E-state index < -0.39 is 24.5 Å². The SMILES string of the molecule is O=C(CS)OCC(=O)Oc1ccc(I)cc1C(=O)[O-]. The summed E-state index contributed by atoms with van der Waals surface area (Å²) in [6.07, 6.45) is 0. The van der Waals surface area contributed by atoms with Crippen LogP contribution < -0.4 is 9.84 Å². The first-order valence-corrected chi connectivity index (χ1v) is 6.63. The number of thiol groups is 1. The van der Waals surface area contributed by atoms with Crippen LogP contribution in [-0.2, 0) is 14.3 Å². The van der Waals surface area contributed by atoms with Gasteiger partial charge in [0.2, 0.25) is 0 Å². The van der Waals surface area contributed by atoms with Gasteiger partial charge in [0.25, 0.3) is 0 Å². The van der Waals surface area contributed by atoms with Crippen LogP contribution in [0.25, 0.3) is 0 Å². The zero-order valence-electron chi connectivity index (χ0n) is 9.42. The molecule has 0 aliphatic heterocycles. The Kier molecular flexibility index (Phi) is 6.09. The largest absolute Gasteiger partial charge is 0.545 e. The molecule has 0 N–H and O–H groups in total. The van der Waals surface area contributed by atoms with Crippen molar-refractivity contribution in [2.45, 2.75) is 0 Å². The summed E-state index contributed by atoms with van der Waals surface area (Å²) in [5.74, 6) is -3.36. The number of benzene rings is 1. The lowest BCUT2D eigenvalue weighted by Crippen LogP contribution is -2.25. The van der Waals surface area contributed by atoms with Crippen LogP contribution in [0.5, 0.6) is 5.75 Å². The minimum absolute atomic E-state index is 0.160. The second kappa shape index (κ2) is 7.34. The van der Waals surface area contributed by atoms with Gasteiger partial charge in [-0.3, -0.25) is 4.79 Å². The molecule has 0 aliphatic carbocycles. The summed E-state index contributed by atoms with van der Waals surface area (Å²) >= 11 is 5.57. The average molecular weight is 395 g/mol. The molecule has 0 radical (unpaired) electrons. The molecular weight excluding hydrogens is 387 g/mol. The second-order valence-electron chi connectivity index (χ2n) is 3.22. The van der Waals surface area contributed by atoms with E-state index in [9.17, 15) is 19.5 Å². The van der Waals surface area contributed by atoms with E-state index in [4.69, 9.17) is 4.74 Å². The zero-order chi connectivity index (χ0) is 14.4. The molecular formula is C11H8IO6S-. The molecule has 0 fully saturated rings. The zero-order valence-corrected chi connectivity index (χ0v) is 12.5. The van der Waals surface area contributed by atoms with Crippen LogP contribution in [0.15, 0.2) is 18.2 Å². The molecule has 6 nitrogen and oxygen atoms in total. The summed E-state index contributed by atoms with van der Waals surface area (Å²) in [6.45, 7) is -0.613. The predicted molar refractivity (Wildman–Crippen MR) is 73.9 cm³/mol. The number of carboxylic acids is 1. The molecule has 0 atom stereocenters. The lowest BCUT2D eigenvalue weighted by molar-refractivity contribution is -0.255. The maximum absolute atomic E-state index is 11.4. The van der Waals surface area contributed by atoms with E-state index in [0.717, 1.165) is 0 Å². The average Bonchev–Trinajstić information content (AvgIpc) is 2.37. The van der Waals surface area contributed by atoms with Crippen LogP contribution in [0.2, 0.25) is 0 Å². The van der Waals surface area contributed by atoms with Gasteiger partial charge in [-0.25, -0.2) is 4.79 Å². The number of rotatable bonds is 5. The number of hydrogen-bond acceptors (Lipinski definition) is 7. The molecule has 0 unspecified atom stereocenters. The Labute approximate surface area is 127 Å². The maximum atomic E-state index is 11.4. The molecule has 0 amide bonds. The fourth-order valence-electron chi connectivity index (χ4n) is 1.09. The standard InChI is InChI=1S/C11H9IO6S/c12-6-1-2-8(7(3-6)11(15)16)18-9(13)4-17-10(14)5-19/h1-3,19H,4-5H2,(H,15,16)/p-1. The number of hydrogen-bond donors (Lipinski definition) is 1. The van der Waals surface area contributed by atoms with E-state index in [2.05, 4.69) is 17.4 Å². The van der Waals surface area contributed by atoms with Gasteiger partial charge in [-0.05, 0) is 40.8 Å². The Morgan fingerprint density at radius 2 is 1.95 bits per heavy atom. The highest BCUT2D eigenvalue weighted by atomic mass is 127. The molecule has 0 saturated heterocycles. The van der Waals surface area contributed by atoms with Crippen LogP contribution in [-0.4, -0.2) is 30.3 Å². The molecule has 0 aliphatic rings. The fraction of sp³-hybridized carbons (Fsp3) is 0.182. The molecule has 0 bridgehead atoms. The van der Waals surface area contributed by atoms with Crippen molar-refractivity contribution in [3.63, 3.8) is 0 Å². The molecule has 1 aromatic rings. The van der Waals surface area contributed by atoms with Crippen molar-refractivity contribution in [1.82, 2.24) is 0 Å². The van der Waals surface area contributed by atoms with Gasteiger partial charge < -0.3 is 19.4 Å². The van der Waals surface area contributed by atoms with Gasteiger partial charge in [0.1, 0.15) is 5.75 Å². The van der Waals surface area contributed by atoms with Gasteiger partial charge in [0.05, 0.1) is 11.7 Å². The molecule has 19 heavy (non-hydrogen) atoms. The van der Waals surface area contributed by atoms with E-state index in [1.807, 2.05) is 22.6 Å². The van der Waals surface area contributed by atoms with Crippen molar-refractivity contribution < 1.29 is 29.0 Å². The van der Waals surface area contributed by atoms with Crippen LogP contribution in [0.3, 0.4) is 0 Å². The number of carbonyl (C=O) groups is 3. The lowest BCUT2D eigenvalue weighted by atomic mass is 10.2. The lowest BCUT2D eigenvalue weighted by Gasteiger charge is -2.11. The molecule has 0 saturated carbocycles. The van der Waals surface area contributed by atoms with Gasteiger partial charge in [0, 0.05) is 9.13 Å². The first-order valence-electron chi connectivity index (χ1n) is 4.92. The first-order chi connectivity index (χ1) is 8.93. The van der Waals surface area contributed by atoms with Crippen molar-refractivity contribution in [2.24, 2.45) is 0 Å². The Morgan fingerprint density at radius 1 is 1.26 bits per heavy atom. The van der Waals surface area contributed by atoms with Gasteiger partial charge in [0.15, 0.2) is 6.61 Å². The van der Waals surface area contributed by atoms with Gasteiger partial charge in [-0.15, -0.1) is 0 Å². The fourth-order valence-corrected chi connectivity index (χ4v) is 1.67. The second-order valence-corrected chi connectivity index (χ2v) is 4.78. The molecule has 102 valence electrons. The first kappa shape index (κ1) is 15.8. The summed E-state index contributed by atoms with van der Waals surface area (Å²) < 4.78 is 9.94. The van der Waals surface area contributed by atoms with Crippen molar-refractivity contribution in [3.8, 4) is 5.75 Å². The summed E-state index contributed by atoms with van der Waals surface area (Å²) in [5, 5.41) is 10.9. The Morgan fingerprint density at radius 3 is 2.53 bits per heavy atom. The Bertz CT molecular complexity index is 516. The summed E-state index contributed by atoms with van der Waals surface area (Å²) in [4.78, 5) is 33.0. The number of esters is 2. The normalized spacial score (nSPS) is 9.79. The monoisotopic (exact) mass is 395 g/mol. The highest BCUT2D eigenvalue weighted by Crippen LogP contribution is 2.20. The van der Waals surface area contributed by atoms with Crippen LogP contribution in [0.4, 0.5) is 0 Å². The third kappa shape index (κ3) is 5.07. The van der Waals surface area contributed by atoms with Crippen LogP contribution in [0, 0.1) is 3.57 Å². The Balaban J connectivity index is 2.74. The molecule has 1 rings (SSSR count). The molecule has 0 aromatic heterocycles. The topological polar surface area (TPSA) is 92.7 Å². The van der Waals surface area contributed by atoms with Gasteiger partial charge in [-0.1, -0.05) is 0 Å². The number of aromatic carboxylic acids is 1. The third-order valence-electron chi connectivity index (χ3n) is 1.87. The highest BCUT2D eigenvalue weighted by molar-refractivity contribution is 14.1. The summed E-state index contributed by atoms with van der Waals surface area (Å²) in [5.41, 5.74) is -0.249. The quantitative estimate of drug-likeness (QED) is 0.328. The number of carboxylic acid groups (broad SMARTS) is 1.